The number of nitrogens with zero attached hydrogens (tertiary/aromatic N) is 1. The Balaban J connectivity index is 2.67. The highest BCUT2D eigenvalue weighted by molar-refractivity contribution is 5.81. The van der Waals surface area contributed by atoms with Crippen LogP contribution >= 0.6 is 0 Å². The van der Waals surface area contributed by atoms with Gasteiger partial charge >= 0.3 is 0 Å². The van der Waals surface area contributed by atoms with Crippen molar-refractivity contribution in [1.82, 2.24) is 5.32 Å². The Bertz CT molecular complexity index is 421. The Hall–Kier alpha value is -1.59. The molecule has 0 saturated heterocycles. The van der Waals surface area contributed by atoms with E-state index in [4.69, 9.17) is 10.5 Å². The molecular formula is C14H23N3O2. The number of aryl methyl sites for hydroxylation is 1. The Kier molecular flexibility index (Phi) is 6.32. The second-order valence-corrected chi connectivity index (χ2v) is 4.49. The van der Waals surface area contributed by atoms with Gasteiger partial charge in [0.2, 0.25) is 5.91 Å². The van der Waals surface area contributed by atoms with E-state index in [1.54, 1.807) is 7.11 Å². The van der Waals surface area contributed by atoms with Gasteiger partial charge < -0.3 is 20.7 Å². The molecule has 0 spiro atoms. The standard InChI is InChI=1S/C14H23N3O2/c1-11-5-4-6-12(9-15)14(11)17(2)10-13(18)16-7-8-19-3/h4-6H,7-10,15H2,1-3H3,(H,16,18). The maximum atomic E-state index is 11.8. The van der Waals surface area contributed by atoms with Gasteiger partial charge in [-0.25, -0.2) is 0 Å². The highest BCUT2D eigenvalue weighted by Crippen LogP contribution is 2.23. The van der Waals surface area contributed by atoms with E-state index >= 15 is 0 Å². The first-order valence-electron chi connectivity index (χ1n) is 6.35. The highest BCUT2D eigenvalue weighted by atomic mass is 16.5. The Labute approximate surface area is 114 Å². The molecule has 0 aliphatic heterocycles. The lowest BCUT2D eigenvalue weighted by Crippen LogP contribution is -2.37. The minimum atomic E-state index is -0.0224. The number of likely N-dealkylation sites (N-methyl/N-ethyl adjacent to an activating group) is 1. The van der Waals surface area contributed by atoms with Gasteiger partial charge in [-0.2, -0.15) is 0 Å². The molecule has 106 valence electrons. The van der Waals surface area contributed by atoms with E-state index in [2.05, 4.69) is 5.32 Å². The maximum absolute atomic E-state index is 11.8. The fourth-order valence-corrected chi connectivity index (χ4v) is 2.07. The van der Waals surface area contributed by atoms with Crippen LogP contribution in [-0.2, 0) is 16.1 Å². The fraction of sp³-hybridized carbons (Fsp3) is 0.500. The zero-order valence-electron chi connectivity index (χ0n) is 11.9. The number of methoxy groups -OCH3 is 1. The second kappa shape index (κ2) is 7.76. The fourth-order valence-electron chi connectivity index (χ4n) is 2.07. The number of nitrogens with one attached hydrogen (secondary N) is 1. The number of para-hydroxylation sites is 1. The minimum Gasteiger partial charge on any atom is -0.383 e. The quantitative estimate of drug-likeness (QED) is 0.710. The number of nitrogens with two attached hydrogens (primary N) is 1. The molecule has 0 aliphatic carbocycles. The van der Waals surface area contributed by atoms with Gasteiger partial charge in [0.15, 0.2) is 0 Å². The largest absolute Gasteiger partial charge is 0.383 e. The van der Waals surface area contributed by atoms with Crippen LogP contribution in [-0.4, -0.2) is 39.8 Å². The first-order chi connectivity index (χ1) is 9.10. The molecule has 0 fully saturated rings. The van der Waals surface area contributed by atoms with Crippen molar-refractivity contribution in [3.63, 3.8) is 0 Å². The monoisotopic (exact) mass is 265 g/mol. The van der Waals surface area contributed by atoms with Crippen molar-refractivity contribution in [1.29, 1.82) is 0 Å². The molecule has 1 aromatic rings. The summed E-state index contributed by atoms with van der Waals surface area (Å²) in [5, 5.41) is 2.80. The summed E-state index contributed by atoms with van der Waals surface area (Å²) >= 11 is 0. The number of amides is 1. The first-order valence-corrected chi connectivity index (χ1v) is 6.35. The van der Waals surface area contributed by atoms with E-state index in [9.17, 15) is 4.79 Å². The smallest absolute Gasteiger partial charge is 0.239 e. The molecule has 1 rings (SSSR count). The first kappa shape index (κ1) is 15.5. The zero-order chi connectivity index (χ0) is 14.3. The third kappa shape index (κ3) is 4.54. The van der Waals surface area contributed by atoms with Gasteiger partial charge in [0, 0.05) is 32.9 Å². The molecule has 0 aromatic heterocycles. The summed E-state index contributed by atoms with van der Waals surface area (Å²) in [5.41, 5.74) is 8.95. The number of anilines is 1. The van der Waals surface area contributed by atoms with E-state index < -0.39 is 0 Å². The Morgan fingerprint density at radius 2 is 2.21 bits per heavy atom. The molecule has 0 aliphatic rings. The number of hydrogen-bond acceptors (Lipinski definition) is 4. The Morgan fingerprint density at radius 1 is 1.47 bits per heavy atom. The van der Waals surface area contributed by atoms with Crippen LogP contribution < -0.4 is 16.0 Å². The van der Waals surface area contributed by atoms with Gasteiger partial charge in [-0.1, -0.05) is 18.2 Å². The van der Waals surface area contributed by atoms with Crippen LogP contribution in [0.25, 0.3) is 0 Å². The van der Waals surface area contributed by atoms with Crippen molar-refractivity contribution in [2.24, 2.45) is 5.73 Å². The summed E-state index contributed by atoms with van der Waals surface area (Å²) in [4.78, 5) is 13.7. The molecule has 0 saturated carbocycles. The minimum absolute atomic E-state index is 0.0224. The van der Waals surface area contributed by atoms with E-state index in [1.165, 1.54) is 0 Å². The Morgan fingerprint density at radius 3 is 2.84 bits per heavy atom. The van der Waals surface area contributed by atoms with Crippen LogP contribution in [0.15, 0.2) is 18.2 Å². The van der Waals surface area contributed by atoms with Crippen molar-refractivity contribution in [3.05, 3.63) is 29.3 Å². The lowest BCUT2D eigenvalue weighted by Gasteiger charge is -2.23. The van der Waals surface area contributed by atoms with Gasteiger partial charge in [-0.15, -0.1) is 0 Å². The lowest BCUT2D eigenvalue weighted by atomic mass is 10.1. The average molecular weight is 265 g/mol. The molecule has 1 amide bonds. The summed E-state index contributed by atoms with van der Waals surface area (Å²) < 4.78 is 4.89. The summed E-state index contributed by atoms with van der Waals surface area (Å²) in [7, 11) is 3.51. The predicted molar refractivity (Wildman–Crippen MR) is 77.2 cm³/mol. The van der Waals surface area contributed by atoms with Crippen LogP contribution in [0.4, 0.5) is 5.69 Å². The van der Waals surface area contributed by atoms with Crippen molar-refractivity contribution in [2.45, 2.75) is 13.5 Å². The number of hydrogen-bond donors (Lipinski definition) is 2. The summed E-state index contributed by atoms with van der Waals surface area (Å²) in [5.74, 6) is -0.0224. The highest BCUT2D eigenvalue weighted by Gasteiger charge is 2.12. The maximum Gasteiger partial charge on any atom is 0.239 e. The number of ether oxygens (including phenoxy) is 1. The molecule has 19 heavy (non-hydrogen) atoms. The lowest BCUT2D eigenvalue weighted by molar-refractivity contribution is -0.119. The van der Waals surface area contributed by atoms with E-state index in [1.807, 2.05) is 37.1 Å². The molecule has 1 aromatic carbocycles. The van der Waals surface area contributed by atoms with Crippen molar-refractivity contribution in [3.8, 4) is 0 Å². The van der Waals surface area contributed by atoms with Crippen LogP contribution in [0.3, 0.4) is 0 Å². The normalized spacial score (nSPS) is 10.3. The number of rotatable bonds is 7. The van der Waals surface area contributed by atoms with E-state index in [0.717, 1.165) is 16.8 Å². The molecule has 0 atom stereocenters. The van der Waals surface area contributed by atoms with Crippen LogP contribution in [0, 0.1) is 6.92 Å². The average Bonchev–Trinajstić information content (AvgIpc) is 2.38. The third-order valence-corrected chi connectivity index (χ3v) is 2.93. The van der Waals surface area contributed by atoms with Crippen molar-refractivity contribution < 1.29 is 9.53 Å². The van der Waals surface area contributed by atoms with Crippen LogP contribution in [0.2, 0.25) is 0 Å². The number of carbonyl (C=O) groups is 1. The van der Waals surface area contributed by atoms with E-state index in [-0.39, 0.29) is 5.91 Å². The van der Waals surface area contributed by atoms with Gasteiger partial charge in [0.05, 0.1) is 13.2 Å². The summed E-state index contributed by atoms with van der Waals surface area (Å²) in [6.45, 7) is 3.84. The number of carbonyl (C=O) groups excluding carboxylic acids is 1. The molecule has 5 nitrogen and oxygen atoms in total. The van der Waals surface area contributed by atoms with Crippen LogP contribution in [0.1, 0.15) is 11.1 Å². The molecular weight excluding hydrogens is 242 g/mol. The SMILES string of the molecule is COCCNC(=O)CN(C)c1c(C)cccc1CN. The summed E-state index contributed by atoms with van der Waals surface area (Å²) in [6, 6.07) is 5.99. The van der Waals surface area contributed by atoms with Crippen LogP contribution in [0.5, 0.6) is 0 Å². The number of benzene rings is 1. The second-order valence-electron chi connectivity index (χ2n) is 4.49. The predicted octanol–water partition coefficient (Wildman–Crippen LogP) is 0.653. The molecule has 0 radical (unpaired) electrons. The molecule has 3 N–H and O–H groups in total. The van der Waals surface area contributed by atoms with Gasteiger partial charge in [0.25, 0.3) is 0 Å². The molecule has 0 bridgehead atoms. The zero-order valence-corrected chi connectivity index (χ0v) is 11.9. The molecule has 0 unspecified atom stereocenters. The van der Waals surface area contributed by atoms with Crippen molar-refractivity contribution in [2.75, 3.05) is 38.8 Å². The van der Waals surface area contributed by atoms with Gasteiger partial charge in [-0.05, 0) is 18.1 Å². The third-order valence-electron chi connectivity index (χ3n) is 2.93. The molecule has 0 heterocycles. The topological polar surface area (TPSA) is 67.6 Å². The molecule has 5 heteroatoms. The summed E-state index contributed by atoms with van der Waals surface area (Å²) in [6.07, 6.45) is 0. The van der Waals surface area contributed by atoms with E-state index in [0.29, 0.717) is 26.2 Å². The van der Waals surface area contributed by atoms with Crippen molar-refractivity contribution >= 4 is 11.6 Å². The van der Waals surface area contributed by atoms with Gasteiger partial charge in [0.1, 0.15) is 0 Å². The van der Waals surface area contributed by atoms with Gasteiger partial charge in [-0.3, -0.25) is 4.79 Å².